The molecule has 88 valence electrons. The number of amidine groups is 1. The number of amides is 2. The molecule has 2 heterocycles. The SMILES string of the molecule is CN1C(=O)N(C)[C@H]2NC(SCC(=O)[O-])=N[C@H]21. The van der Waals surface area contributed by atoms with Crippen LogP contribution in [0.4, 0.5) is 4.79 Å². The van der Waals surface area contributed by atoms with Crippen molar-refractivity contribution in [2.24, 2.45) is 4.99 Å². The molecule has 0 radical (unpaired) electrons. The number of rotatable bonds is 2. The number of hydrogen-bond acceptors (Lipinski definition) is 6. The lowest BCUT2D eigenvalue weighted by Gasteiger charge is -2.17. The third-order valence-electron chi connectivity index (χ3n) is 2.55. The molecule has 16 heavy (non-hydrogen) atoms. The van der Waals surface area contributed by atoms with Crippen LogP contribution in [-0.4, -0.2) is 59.1 Å². The van der Waals surface area contributed by atoms with Gasteiger partial charge in [0.1, 0.15) is 6.17 Å². The Bertz CT molecular complexity index is 372. The Morgan fingerprint density at radius 3 is 2.81 bits per heavy atom. The van der Waals surface area contributed by atoms with Gasteiger partial charge in [-0.25, -0.2) is 9.79 Å². The summed E-state index contributed by atoms with van der Waals surface area (Å²) in [6.07, 6.45) is -0.483. The second kappa shape index (κ2) is 3.85. The van der Waals surface area contributed by atoms with E-state index in [1.54, 1.807) is 19.0 Å². The van der Waals surface area contributed by atoms with E-state index in [0.717, 1.165) is 11.8 Å². The second-order valence-corrected chi connectivity index (χ2v) is 4.57. The molecule has 2 amide bonds. The average molecular weight is 243 g/mol. The van der Waals surface area contributed by atoms with Crippen molar-refractivity contribution in [1.82, 2.24) is 15.1 Å². The largest absolute Gasteiger partial charge is 0.549 e. The van der Waals surface area contributed by atoms with E-state index in [4.69, 9.17) is 0 Å². The molecule has 0 spiro atoms. The molecule has 0 aromatic heterocycles. The molecule has 0 saturated carbocycles. The van der Waals surface area contributed by atoms with Gasteiger partial charge in [-0.05, 0) is 0 Å². The number of urea groups is 1. The first-order valence-corrected chi connectivity index (χ1v) is 5.66. The quantitative estimate of drug-likeness (QED) is 0.610. The highest BCUT2D eigenvalue weighted by Crippen LogP contribution is 2.25. The lowest BCUT2D eigenvalue weighted by Crippen LogP contribution is -2.42. The number of carboxylic acid groups (broad SMARTS) is 1. The van der Waals surface area contributed by atoms with Crippen molar-refractivity contribution < 1.29 is 14.7 Å². The van der Waals surface area contributed by atoms with Crippen LogP contribution in [0.25, 0.3) is 0 Å². The number of carbonyl (C=O) groups excluding carboxylic acids is 2. The average Bonchev–Trinajstić information content (AvgIpc) is 2.73. The van der Waals surface area contributed by atoms with E-state index < -0.39 is 5.97 Å². The molecule has 0 aromatic rings. The second-order valence-electron chi connectivity index (χ2n) is 3.60. The van der Waals surface area contributed by atoms with Gasteiger partial charge >= 0.3 is 6.03 Å². The van der Waals surface area contributed by atoms with Gasteiger partial charge in [0.2, 0.25) is 0 Å². The van der Waals surface area contributed by atoms with E-state index >= 15 is 0 Å². The van der Waals surface area contributed by atoms with Crippen molar-refractivity contribution in [3.8, 4) is 0 Å². The molecular weight excluding hydrogens is 232 g/mol. The fraction of sp³-hybridized carbons (Fsp3) is 0.625. The molecule has 0 aliphatic carbocycles. The molecular formula is C8H11N4O3S-. The number of nitrogens with one attached hydrogen (secondary N) is 1. The van der Waals surface area contributed by atoms with E-state index in [1.165, 1.54) is 4.90 Å². The lowest BCUT2D eigenvalue weighted by molar-refractivity contribution is -0.301. The highest BCUT2D eigenvalue weighted by molar-refractivity contribution is 8.14. The zero-order valence-electron chi connectivity index (χ0n) is 8.84. The fourth-order valence-corrected chi connectivity index (χ4v) is 2.35. The summed E-state index contributed by atoms with van der Waals surface area (Å²) in [6, 6.07) is -0.102. The van der Waals surface area contributed by atoms with Crippen LogP contribution in [0, 0.1) is 0 Å². The van der Waals surface area contributed by atoms with Gasteiger partial charge in [0.05, 0.1) is 5.97 Å². The standard InChI is InChI=1S/C8H12N4O3S/c1-11-5-6(12(2)8(11)15)10-7(9-5)16-3-4(13)14/h5-6H,3H2,1-2H3,(H,9,10)(H,13,14)/p-1/t5-,6+. The lowest BCUT2D eigenvalue weighted by atomic mass is 10.4. The number of fused-ring (bicyclic) bond motifs is 1. The van der Waals surface area contributed by atoms with Gasteiger partial charge < -0.3 is 25.0 Å². The Labute approximate surface area is 96.5 Å². The zero-order valence-corrected chi connectivity index (χ0v) is 9.65. The third-order valence-corrected chi connectivity index (χ3v) is 3.42. The minimum Gasteiger partial charge on any atom is -0.549 e. The molecule has 0 aromatic carbocycles. The summed E-state index contributed by atoms with van der Waals surface area (Å²) in [7, 11) is 3.35. The summed E-state index contributed by atoms with van der Waals surface area (Å²) >= 11 is 1.07. The highest BCUT2D eigenvalue weighted by atomic mass is 32.2. The smallest absolute Gasteiger partial charge is 0.323 e. The minimum absolute atomic E-state index is 0.102. The molecule has 2 aliphatic rings. The van der Waals surface area contributed by atoms with E-state index in [1.807, 2.05) is 0 Å². The molecule has 2 aliphatic heterocycles. The molecule has 1 fully saturated rings. The highest BCUT2D eigenvalue weighted by Gasteiger charge is 2.45. The van der Waals surface area contributed by atoms with Crippen molar-refractivity contribution >= 4 is 28.9 Å². The van der Waals surface area contributed by atoms with Crippen LogP contribution < -0.4 is 10.4 Å². The predicted octanol–water partition coefficient (Wildman–Crippen LogP) is -1.92. The number of likely N-dealkylation sites (N-methyl/N-ethyl adjacent to an activating group) is 2. The molecule has 0 bridgehead atoms. The number of thioether (sulfide) groups is 1. The van der Waals surface area contributed by atoms with Gasteiger partial charge in [-0.15, -0.1) is 0 Å². The Kier molecular flexibility index (Phi) is 2.66. The summed E-state index contributed by atoms with van der Waals surface area (Å²) in [5, 5.41) is 13.8. The van der Waals surface area contributed by atoms with Crippen LogP contribution in [0.5, 0.6) is 0 Å². The minimum atomic E-state index is -1.13. The van der Waals surface area contributed by atoms with Crippen LogP contribution in [0.2, 0.25) is 0 Å². The van der Waals surface area contributed by atoms with Crippen LogP contribution in [0.15, 0.2) is 4.99 Å². The summed E-state index contributed by atoms with van der Waals surface area (Å²) in [5.74, 6) is -1.28. The van der Waals surface area contributed by atoms with Gasteiger partial charge in [0.25, 0.3) is 0 Å². The van der Waals surface area contributed by atoms with Gasteiger partial charge in [-0.2, -0.15) is 0 Å². The Hall–Kier alpha value is -1.44. The Balaban J connectivity index is 2.03. The van der Waals surface area contributed by atoms with Gasteiger partial charge in [-0.1, -0.05) is 11.8 Å². The third kappa shape index (κ3) is 1.69. The van der Waals surface area contributed by atoms with Crippen molar-refractivity contribution in [2.45, 2.75) is 12.3 Å². The number of aliphatic carboxylic acids is 1. The maximum Gasteiger partial charge on any atom is 0.323 e. The topological polar surface area (TPSA) is 88.1 Å². The van der Waals surface area contributed by atoms with Crippen molar-refractivity contribution in [2.75, 3.05) is 19.8 Å². The summed E-state index contributed by atoms with van der Waals surface area (Å²) in [5.41, 5.74) is 0. The van der Waals surface area contributed by atoms with E-state index in [-0.39, 0.29) is 24.1 Å². The van der Waals surface area contributed by atoms with Gasteiger partial charge in [0.15, 0.2) is 11.3 Å². The maximum absolute atomic E-state index is 11.5. The van der Waals surface area contributed by atoms with Crippen LogP contribution in [-0.2, 0) is 4.79 Å². The molecule has 1 N–H and O–H groups in total. The van der Waals surface area contributed by atoms with Gasteiger partial charge in [-0.3, -0.25) is 0 Å². The molecule has 0 unspecified atom stereocenters. The van der Waals surface area contributed by atoms with E-state index in [2.05, 4.69) is 10.3 Å². The van der Waals surface area contributed by atoms with E-state index in [0.29, 0.717) is 5.17 Å². The predicted molar refractivity (Wildman–Crippen MR) is 56.5 cm³/mol. The first-order chi connectivity index (χ1) is 7.50. The summed E-state index contributed by atoms with van der Waals surface area (Å²) in [6.45, 7) is 0. The number of carboxylic acids is 1. The number of aliphatic imine (C=N–C) groups is 1. The Morgan fingerprint density at radius 2 is 2.25 bits per heavy atom. The summed E-state index contributed by atoms with van der Waals surface area (Å²) in [4.78, 5) is 29.1. The first kappa shape index (κ1) is 11.1. The summed E-state index contributed by atoms with van der Waals surface area (Å²) < 4.78 is 0. The van der Waals surface area contributed by atoms with Crippen molar-refractivity contribution in [3.63, 3.8) is 0 Å². The molecule has 7 nitrogen and oxygen atoms in total. The van der Waals surface area contributed by atoms with Gasteiger partial charge in [0, 0.05) is 19.8 Å². The zero-order chi connectivity index (χ0) is 11.9. The van der Waals surface area contributed by atoms with Crippen molar-refractivity contribution in [3.05, 3.63) is 0 Å². The Morgan fingerprint density at radius 1 is 1.56 bits per heavy atom. The molecule has 2 rings (SSSR count). The van der Waals surface area contributed by atoms with Crippen molar-refractivity contribution in [1.29, 1.82) is 0 Å². The molecule has 2 atom stereocenters. The number of nitrogens with zero attached hydrogens (tertiary/aromatic N) is 3. The van der Waals surface area contributed by atoms with Crippen LogP contribution in [0.3, 0.4) is 0 Å². The van der Waals surface area contributed by atoms with Crippen LogP contribution in [0.1, 0.15) is 0 Å². The maximum atomic E-state index is 11.5. The number of carbonyl (C=O) groups is 2. The monoisotopic (exact) mass is 243 g/mol. The molecule has 1 saturated heterocycles. The number of hydrogen-bond donors (Lipinski definition) is 1. The fourth-order valence-electron chi connectivity index (χ4n) is 1.71. The normalized spacial score (nSPS) is 27.9. The first-order valence-electron chi connectivity index (χ1n) is 4.67. The van der Waals surface area contributed by atoms with Crippen LogP contribution >= 0.6 is 11.8 Å². The molecule has 8 heteroatoms. The van der Waals surface area contributed by atoms with E-state index in [9.17, 15) is 14.7 Å².